The molecule has 0 amide bonds. The van der Waals surface area contributed by atoms with Gasteiger partial charge in [0.05, 0.1) is 0 Å². The van der Waals surface area contributed by atoms with E-state index in [2.05, 4.69) is 63.3 Å². The molecule has 1 nitrogen and oxygen atoms in total. The van der Waals surface area contributed by atoms with Gasteiger partial charge < -0.3 is 5.32 Å². The Morgan fingerprint density at radius 1 is 1.20 bits per heavy atom. The third-order valence-corrected chi connectivity index (χ3v) is 6.97. The molecule has 1 aromatic carbocycles. The SMILES string of the molecule is CNC(CC1CC2CCC1C2)c1cc(Br)c(C)cc1Br. The Morgan fingerprint density at radius 2 is 2.00 bits per heavy atom. The van der Waals surface area contributed by atoms with E-state index in [1.807, 2.05) is 0 Å². The summed E-state index contributed by atoms with van der Waals surface area (Å²) in [6.45, 7) is 2.14. The van der Waals surface area contributed by atoms with Gasteiger partial charge in [-0.3, -0.25) is 0 Å². The van der Waals surface area contributed by atoms with Crippen molar-refractivity contribution in [2.75, 3.05) is 7.05 Å². The molecule has 0 radical (unpaired) electrons. The Hall–Kier alpha value is 0.140. The van der Waals surface area contributed by atoms with E-state index in [-0.39, 0.29) is 0 Å². The minimum absolute atomic E-state index is 0.464. The normalized spacial score (nSPS) is 29.9. The van der Waals surface area contributed by atoms with Crippen LogP contribution < -0.4 is 5.32 Å². The molecule has 1 N–H and O–H groups in total. The molecule has 2 aliphatic rings. The molecule has 20 heavy (non-hydrogen) atoms. The zero-order valence-electron chi connectivity index (χ0n) is 12.3. The minimum atomic E-state index is 0.464. The van der Waals surface area contributed by atoms with Crippen molar-refractivity contribution in [3.05, 3.63) is 32.2 Å². The number of benzene rings is 1. The van der Waals surface area contributed by atoms with Gasteiger partial charge in [0.1, 0.15) is 0 Å². The maximum atomic E-state index is 3.75. The second kappa shape index (κ2) is 6.10. The summed E-state index contributed by atoms with van der Waals surface area (Å²) < 4.78 is 2.45. The summed E-state index contributed by atoms with van der Waals surface area (Å²) in [6.07, 6.45) is 7.22. The van der Waals surface area contributed by atoms with Crippen LogP contribution in [0.2, 0.25) is 0 Å². The molecule has 1 aromatic rings. The summed E-state index contributed by atoms with van der Waals surface area (Å²) in [7, 11) is 2.10. The van der Waals surface area contributed by atoms with Gasteiger partial charge in [0, 0.05) is 15.0 Å². The van der Waals surface area contributed by atoms with Crippen molar-refractivity contribution in [2.45, 2.75) is 45.1 Å². The summed E-state index contributed by atoms with van der Waals surface area (Å²) in [6, 6.07) is 4.98. The highest BCUT2D eigenvalue weighted by Crippen LogP contribution is 2.51. The molecule has 0 aromatic heterocycles. The van der Waals surface area contributed by atoms with Crippen LogP contribution >= 0.6 is 31.9 Å². The largest absolute Gasteiger partial charge is 0.313 e. The van der Waals surface area contributed by atoms with E-state index in [0.29, 0.717) is 6.04 Å². The van der Waals surface area contributed by atoms with Crippen molar-refractivity contribution >= 4 is 31.9 Å². The van der Waals surface area contributed by atoms with Crippen molar-refractivity contribution in [1.82, 2.24) is 5.32 Å². The Labute approximate surface area is 139 Å². The highest BCUT2D eigenvalue weighted by Gasteiger charge is 2.40. The third-order valence-electron chi connectivity index (χ3n) is 5.42. The van der Waals surface area contributed by atoms with E-state index in [0.717, 1.165) is 17.8 Å². The van der Waals surface area contributed by atoms with Gasteiger partial charge in [-0.25, -0.2) is 0 Å². The van der Waals surface area contributed by atoms with Gasteiger partial charge in [-0.2, -0.15) is 0 Å². The van der Waals surface area contributed by atoms with Crippen LogP contribution in [-0.4, -0.2) is 7.05 Å². The average Bonchev–Trinajstić information content (AvgIpc) is 3.03. The molecule has 0 saturated heterocycles. The molecule has 0 aliphatic heterocycles. The standard InChI is InChI=1S/C17H23Br2N/c1-10-5-16(19)14(9-15(10)18)17(20-2)8-13-7-11-3-4-12(13)6-11/h5,9,11-13,17,20H,3-4,6-8H2,1-2H3. The highest BCUT2D eigenvalue weighted by atomic mass is 79.9. The van der Waals surface area contributed by atoms with E-state index < -0.39 is 0 Å². The highest BCUT2D eigenvalue weighted by molar-refractivity contribution is 9.11. The van der Waals surface area contributed by atoms with Crippen LogP contribution in [0.5, 0.6) is 0 Å². The van der Waals surface area contributed by atoms with Crippen molar-refractivity contribution in [3.63, 3.8) is 0 Å². The van der Waals surface area contributed by atoms with Gasteiger partial charge in [-0.1, -0.05) is 38.3 Å². The monoisotopic (exact) mass is 399 g/mol. The van der Waals surface area contributed by atoms with E-state index in [4.69, 9.17) is 0 Å². The number of fused-ring (bicyclic) bond motifs is 2. The fourth-order valence-electron chi connectivity index (χ4n) is 4.30. The van der Waals surface area contributed by atoms with Crippen LogP contribution in [0.1, 0.15) is 49.3 Å². The van der Waals surface area contributed by atoms with Gasteiger partial charge in [0.15, 0.2) is 0 Å². The van der Waals surface area contributed by atoms with E-state index in [1.165, 1.54) is 52.2 Å². The lowest BCUT2D eigenvalue weighted by molar-refractivity contribution is 0.284. The molecule has 4 unspecified atom stereocenters. The van der Waals surface area contributed by atoms with Gasteiger partial charge in [-0.05, 0) is 80.7 Å². The smallest absolute Gasteiger partial charge is 0.0331 e. The molecule has 4 atom stereocenters. The Kier molecular flexibility index (Phi) is 4.59. The molecular formula is C17H23Br2N. The summed E-state index contributed by atoms with van der Waals surface area (Å²) >= 11 is 7.43. The predicted octanol–water partition coefficient (Wildman–Crippen LogP) is 5.61. The Bertz CT molecular complexity index is 500. The molecule has 2 bridgehead atoms. The molecule has 3 heteroatoms. The Morgan fingerprint density at radius 3 is 2.60 bits per heavy atom. The lowest BCUT2D eigenvalue weighted by Crippen LogP contribution is -2.23. The first kappa shape index (κ1) is 15.1. The van der Waals surface area contributed by atoms with Crippen LogP contribution in [0.25, 0.3) is 0 Å². The van der Waals surface area contributed by atoms with E-state index in [9.17, 15) is 0 Å². The van der Waals surface area contributed by atoms with Gasteiger partial charge >= 0.3 is 0 Å². The third kappa shape index (κ3) is 2.86. The van der Waals surface area contributed by atoms with Crippen LogP contribution in [0.15, 0.2) is 21.1 Å². The summed E-state index contributed by atoms with van der Waals surface area (Å²) in [5.74, 6) is 2.97. The summed E-state index contributed by atoms with van der Waals surface area (Å²) in [4.78, 5) is 0. The van der Waals surface area contributed by atoms with E-state index >= 15 is 0 Å². The van der Waals surface area contributed by atoms with Crippen molar-refractivity contribution in [2.24, 2.45) is 17.8 Å². The minimum Gasteiger partial charge on any atom is -0.313 e. The van der Waals surface area contributed by atoms with Crippen molar-refractivity contribution in [1.29, 1.82) is 0 Å². The molecule has 2 aliphatic carbocycles. The zero-order chi connectivity index (χ0) is 14.3. The quantitative estimate of drug-likeness (QED) is 0.692. The average molecular weight is 401 g/mol. The molecule has 3 rings (SSSR count). The van der Waals surface area contributed by atoms with Crippen LogP contribution in [0.3, 0.4) is 0 Å². The van der Waals surface area contributed by atoms with Gasteiger partial charge in [0.25, 0.3) is 0 Å². The molecule has 0 spiro atoms. The maximum absolute atomic E-state index is 3.75. The number of aryl methyl sites for hydroxylation is 1. The topological polar surface area (TPSA) is 12.0 Å². The van der Waals surface area contributed by atoms with Crippen molar-refractivity contribution in [3.8, 4) is 0 Å². The van der Waals surface area contributed by atoms with Crippen LogP contribution in [0, 0.1) is 24.7 Å². The number of hydrogen-bond acceptors (Lipinski definition) is 1. The first-order valence-electron chi connectivity index (χ1n) is 7.71. The van der Waals surface area contributed by atoms with E-state index in [1.54, 1.807) is 0 Å². The molecule has 2 saturated carbocycles. The first-order valence-corrected chi connectivity index (χ1v) is 9.30. The van der Waals surface area contributed by atoms with Gasteiger partial charge in [-0.15, -0.1) is 0 Å². The number of nitrogens with one attached hydrogen (secondary N) is 1. The van der Waals surface area contributed by atoms with Gasteiger partial charge in [0.2, 0.25) is 0 Å². The van der Waals surface area contributed by atoms with Crippen LogP contribution in [-0.2, 0) is 0 Å². The zero-order valence-corrected chi connectivity index (χ0v) is 15.4. The number of hydrogen-bond donors (Lipinski definition) is 1. The summed E-state index contributed by atoms with van der Waals surface area (Å²) in [5, 5.41) is 3.54. The lowest BCUT2D eigenvalue weighted by Gasteiger charge is -2.27. The first-order chi connectivity index (χ1) is 9.58. The summed E-state index contributed by atoms with van der Waals surface area (Å²) in [5.41, 5.74) is 2.68. The van der Waals surface area contributed by atoms with Crippen molar-refractivity contribution < 1.29 is 0 Å². The molecule has 110 valence electrons. The molecule has 0 heterocycles. The Balaban J connectivity index is 1.78. The fourth-order valence-corrected chi connectivity index (χ4v) is 5.39. The lowest BCUT2D eigenvalue weighted by atomic mass is 9.82. The fraction of sp³-hybridized carbons (Fsp3) is 0.647. The predicted molar refractivity (Wildman–Crippen MR) is 91.9 cm³/mol. The maximum Gasteiger partial charge on any atom is 0.0331 e. The second-order valence-corrected chi connectivity index (χ2v) is 8.34. The molecule has 2 fully saturated rings. The molecular weight excluding hydrogens is 378 g/mol. The van der Waals surface area contributed by atoms with Crippen LogP contribution in [0.4, 0.5) is 0 Å². The number of rotatable bonds is 4. The number of halogens is 2. The second-order valence-electron chi connectivity index (χ2n) is 6.63.